The molecule has 4 unspecified atom stereocenters. The van der Waals surface area contributed by atoms with Crippen LogP contribution in [0.15, 0.2) is 10.7 Å². The van der Waals surface area contributed by atoms with E-state index in [-0.39, 0.29) is 73.5 Å². The fourth-order valence-corrected chi connectivity index (χ4v) is 10.8. The first kappa shape index (κ1) is 72.1. The zero-order valence-electron chi connectivity index (χ0n) is 53.7. The van der Waals surface area contributed by atoms with Crippen LogP contribution in [0, 0.1) is 24.7 Å². The number of oxazole rings is 1. The molecule has 1 saturated carbocycles. The molecule has 0 spiro atoms. The van der Waals surface area contributed by atoms with Crippen LogP contribution in [0.2, 0.25) is 0 Å². The molecular weight excluding hydrogens is 1080 g/mol. The van der Waals surface area contributed by atoms with Crippen LogP contribution in [0.4, 0.5) is 0 Å². The van der Waals surface area contributed by atoms with Gasteiger partial charge in [0.05, 0.1) is 5.54 Å². The largest absolute Gasteiger partial charge is 0.448 e. The molecule has 1 aliphatic heterocycles. The second-order valence-electron chi connectivity index (χ2n) is 26.6. The van der Waals surface area contributed by atoms with Gasteiger partial charge in [0.1, 0.15) is 53.1 Å². The number of nitrogens with one attached hydrogen (secondary N) is 9. The Bertz CT molecular complexity index is 2390. The summed E-state index contributed by atoms with van der Waals surface area (Å²) in [6, 6.07) is -5.37. The predicted molar refractivity (Wildman–Crippen MR) is 322 cm³/mol. The topological polar surface area (TPSA) is 311 Å². The van der Waals surface area contributed by atoms with Crippen molar-refractivity contribution in [3.8, 4) is 0 Å². The van der Waals surface area contributed by atoms with Gasteiger partial charge in [0.2, 0.25) is 53.2 Å². The van der Waals surface area contributed by atoms with E-state index >= 15 is 0 Å². The maximum absolute atomic E-state index is 14.3. The summed E-state index contributed by atoms with van der Waals surface area (Å²) in [5.41, 5.74) is -4.89. The fourth-order valence-electron chi connectivity index (χ4n) is 10.8. The summed E-state index contributed by atoms with van der Waals surface area (Å²) < 4.78 is 5.25. The van der Waals surface area contributed by atoms with Gasteiger partial charge in [-0.1, -0.05) is 99.8 Å². The first-order valence-electron chi connectivity index (χ1n) is 30.8. The fraction of sp³-hybridized carbons (Fsp3) is 0.787. The highest BCUT2D eigenvalue weighted by Crippen LogP contribution is 2.30. The van der Waals surface area contributed by atoms with Crippen molar-refractivity contribution in [1.29, 1.82) is 0 Å². The number of aromatic nitrogens is 1. The minimum absolute atomic E-state index is 0.0465. The standard InChI is InChI=1S/C61H106N12O11/c1-17-18-19-20-21-22-26-42(64-53(79)47-27-25-32-73(47)54(80)46-36-84-41(8)63-46)49(75)65-44(34-39(4)5)51(77)69-59(11,12)56(82)67-43(33-38(2)3)50(76)66-45(35-40(6)7)52(78)70-60(13,14)57(83)71-58(9,10)55(81)62-31-28-48(74)68-61(37-72(15)16)29-23-24-30-61/h36,38-40,42-45,47H,17-35,37H2,1-16H3,(H,62,81)(H,64,79)(H,65,75)(H,66,76)(H,67,82)(H,68,74)(H,69,77)(H,70,78)(H,71,83)/t42?,43?,44?,45?,47-/m0/s1. The minimum Gasteiger partial charge on any atom is -0.448 e. The van der Waals surface area contributed by atoms with E-state index < -0.39 is 100.0 Å². The molecule has 0 radical (unpaired) electrons. The number of amides is 10. The zero-order chi connectivity index (χ0) is 63.3. The first-order chi connectivity index (χ1) is 39.1. The van der Waals surface area contributed by atoms with E-state index in [1.807, 2.05) is 55.6 Å². The van der Waals surface area contributed by atoms with Crippen LogP contribution in [-0.2, 0) is 43.2 Å². The van der Waals surface area contributed by atoms with Crippen molar-refractivity contribution < 1.29 is 52.4 Å². The van der Waals surface area contributed by atoms with Gasteiger partial charge in [0.15, 0.2) is 11.6 Å². The highest BCUT2D eigenvalue weighted by molar-refractivity contribution is 6.00. The molecule has 23 heteroatoms. The first-order valence-corrected chi connectivity index (χ1v) is 30.8. The summed E-state index contributed by atoms with van der Waals surface area (Å²) in [5.74, 6) is -5.69. The van der Waals surface area contributed by atoms with Gasteiger partial charge in [-0.2, -0.15) is 0 Å². The van der Waals surface area contributed by atoms with Crippen LogP contribution in [0.25, 0.3) is 0 Å². The monoisotopic (exact) mass is 1180 g/mol. The average molecular weight is 1180 g/mol. The minimum atomic E-state index is -1.64. The zero-order valence-corrected chi connectivity index (χ0v) is 53.7. The van der Waals surface area contributed by atoms with Gasteiger partial charge < -0.3 is 62.1 Å². The van der Waals surface area contributed by atoms with Crippen molar-refractivity contribution in [2.24, 2.45) is 17.8 Å². The van der Waals surface area contributed by atoms with E-state index in [1.165, 1.54) is 52.7 Å². The molecule has 5 atom stereocenters. The lowest BCUT2D eigenvalue weighted by Crippen LogP contribution is -2.65. The molecule has 0 bridgehead atoms. The lowest BCUT2D eigenvalue weighted by atomic mass is 9.96. The number of likely N-dealkylation sites (N-methyl/N-ethyl adjacent to an activating group) is 1. The van der Waals surface area contributed by atoms with Crippen LogP contribution in [0.3, 0.4) is 0 Å². The quantitative estimate of drug-likeness (QED) is 0.0421. The van der Waals surface area contributed by atoms with E-state index in [9.17, 15) is 47.9 Å². The van der Waals surface area contributed by atoms with Crippen molar-refractivity contribution in [2.45, 2.75) is 258 Å². The van der Waals surface area contributed by atoms with Crippen molar-refractivity contribution in [1.82, 2.24) is 62.6 Å². The molecule has 1 aromatic heterocycles. The number of hydrogen-bond donors (Lipinski definition) is 9. The maximum atomic E-state index is 14.3. The number of nitrogens with zero attached hydrogens (tertiary/aromatic N) is 3. The van der Waals surface area contributed by atoms with Gasteiger partial charge in [-0.25, -0.2) is 4.98 Å². The summed E-state index contributed by atoms with van der Waals surface area (Å²) in [6.07, 6.45) is 12.4. The highest BCUT2D eigenvalue weighted by Gasteiger charge is 2.42. The van der Waals surface area contributed by atoms with E-state index in [4.69, 9.17) is 4.42 Å². The molecule has 23 nitrogen and oxygen atoms in total. The van der Waals surface area contributed by atoms with Gasteiger partial charge in [-0.15, -0.1) is 0 Å². The number of carbonyl (C=O) groups is 10. The van der Waals surface area contributed by atoms with Crippen LogP contribution in [-0.4, -0.2) is 160 Å². The molecule has 2 fully saturated rings. The number of aryl methyl sites for hydroxylation is 1. The van der Waals surface area contributed by atoms with Gasteiger partial charge in [0.25, 0.3) is 5.91 Å². The molecule has 84 heavy (non-hydrogen) atoms. The molecular formula is C61H106N12O11. The molecule has 10 amide bonds. The molecule has 1 aliphatic carbocycles. The lowest BCUT2D eigenvalue weighted by Gasteiger charge is -2.34. The third-order valence-electron chi connectivity index (χ3n) is 15.4. The summed E-state index contributed by atoms with van der Waals surface area (Å²) in [5, 5.41) is 25.6. The van der Waals surface area contributed by atoms with E-state index in [1.54, 1.807) is 6.92 Å². The summed E-state index contributed by atoms with van der Waals surface area (Å²) in [6.45, 7) is 25.0. The molecule has 0 aromatic carbocycles. The predicted octanol–water partition coefficient (Wildman–Crippen LogP) is 4.60. The number of likely N-dealkylation sites (tertiary alicyclic amines) is 1. The average Bonchev–Trinajstić information content (AvgIpc) is 3.89. The molecule has 1 saturated heterocycles. The Morgan fingerprint density at radius 2 is 1.14 bits per heavy atom. The molecule has 2 heterocycles. The molecule has 2 aliphatic rings. The van der Waals surface area contributed by atoms with Crippen LogP contribution < -0.4 is 47.9 Å². The van der Waals surface area contributed by atoms with Crippen molar-refractivity contribution in [2.75, 3.05) is 33.7 Å². The van der Waals surface area contributed by atoms with E-state index in [0.717, 1.165) is 64.3 Å². The summed E-state index contributed by atoms with van der Waals surface area (Å²) in [7, 11) is 3.94. The number of hydrogen-bond acceptors (Lipinski definition) is 13. The Labute approximate surface area is 500 Å². The van der Waals surface area contributed by atoms with Gasteiger partial charge in [-0.05, 0) is 125 Å². The normalized spacial score (nSPS) is 16.8. The second-order valence-corrected chi connectivity index (χ2v) is 26.6. The smallest absolute Gasteiger partial charge is 0.276 e. The number of rotatable bonds is 35. The molecule has 1 aromatic rings. The van der Waals surface area contributed by atoms with Crippen molar-refractivity contribution in [3.05, 3.63) is 17.8 Å². The number of unbranched alkanes of at least 4 members (excludes halogenated alkanes) is 5. The van der Waals surface area contributed by atoms with E-state index in [2.05, 4.69) is 64.7 Å². The van der Waals surface area contributed by atoms with Gasteiger partial charge >= 0.3 is 0 Å². The lowest BCUT2D eigenvalue weighted by molar-refractivity contribution is -0.139. The molecule has 476 valence electrons. The Hall–Kier alpha value is -6.13. The third kappa shape index (κ3) is 23.4. The van der Waals surface area contributed by atoms with Gasteiger partial charge in [-0.3, -0.25) is 47.9 Å². The summed E-state index contributed by atoms with van der Waals surface area (Å²) in [4.78, 5) is 146. The Balaban J connectivity index is 1.71. The van der Waals surface area contributed by atoms with Crippen LogP contribution >= 0.6 is 0 Å². The number of carbonyl (C=O) groups excluding carboxylic acids is 10. The van der Waals surface area contributed by atoms with Crippen molar-refractivity contribution in [3.63, 3.8) is 0 Å². The molecule has 9 N–H and O–H groups in total. The SMILES string of the molecule is CCCCCCCCC(NC(=O)[C@@H]1CCCN1C(=O)c1coc(C)n1)C(=O)NC(CC(C)C)C(=O)NC(C)(C)C(=O)NC(CC(C)C)C(=O)NC(CC(C)C)C(=O)NC(C)(C)C(=O)NC(C)(C)C(=O)NCCC(=O)NC1(CN(C)C)CCCC1. The second kappa shape index (κ2) is 33.0. The van der Waals surface area contributed by atoms with Crippen LogP contribution in [0.1, 0.15) is 216 Å². The third-order valence-corrected chi connectivity index (χ3v) is 15.4. The molecule has 3 rings (SSSR count). The van der Waals surface area contributed by atoms with Crippen molar-refractivity contribution >= 4 is 59.1 Å². The van der Waals surface area contributed by atoms with E-state index in [0.29, 0.717) is 31.7 Å². The van der Waals surface area contributed by atoms with Crippen LogP contribution in [0.5, 0.6) is 0 Å². The Morgan fingerprint density at radius 3 is 1.65 bits per heavy atom. The highest BCUT2D eigenvalue weighted by atomic mass is 16.3. The Kier molecular flexibility index (Phi) is 28.3. The Morgan fingerprint density at radius 1 is 0.643 bits per heavy atom. The van der Waals surface area contributed by atoms with Gasteiger partial charge in [0, 0.05) is 33.0 Å². The maximum Gasteiger partial charge on any atom is 0.276 e. The summed E-state index contributed by atoms with van der Waals surface area (Å²) >= 11 is 0.